The highest BCUT2D eigenvalue weighted by atomic mass is 16.5. The van der Waals surface area contributed by atoms with Gasteiger partial charge in [-0.3, -0.25) is 4.79 Å². The molecule has 1 aromatic rings. The second-order valence-corrected chi connectivity index (χ2v) is 4.26. The van der Waals surface area contributed by atoms with Gasteiger partial charge in [-0.25, -0.2) is 4.79 Å². The monoisotopic (exact) mass is 248 g/mol. The van der Waals surface area contributed by atoms with Crippen molar-refractivity contribution in [1.82, 2.24) is 10.6 Å². The van der Waals surface area contributed by atoms with E-state index in [1.165, 1.54) is 0 Å². The molecule has 1 aromatic carbocycles. The van der Waals surface area contributed by atoms with Gasteiger partial charge in [0.2, 0.25) is 5.91 Å². The Morgan fingerprint density at radius 1 is 1.22 bits per heavy atom. The zero-order valence-corrected chi connectivity index (χ0v) is 10.0. The molecular weight excluding hydrogens is 232 g/mol. The lowest BCUT2D eigenvalue weighted by atomic mass is 10.2. The molecule has 0 bridgehead atoms. The van der Waals surface area contributed by atoms with E-state index >= 15 is 0 Å². The number of nitrogens with one attached hydrogen (secondary N) is 2. The van der Waals surface area contributed by atoms with E-state index in [0.29, 0.717) is 6.04 Å². The van der Waals surface area contributed by atoms with Gasteiger partial charge in [0.25, 0.3) is 0 Å². The number of alkyl carbamates (subject to hydrolysis) is 1. The molecule has 1 aliphatic carbocycles. The van der Waals surface area contributed by atoms with Crippen LogP contribution >= 0.6 is 0 Å². The molecule has 0 unspecified atom stereocenters. The first kappa shape index (κ1) is 12.4. The average Bonchev–Trinajstić information content (AvgIpc) is 3.19. The number of carbonyl (C=O) groups is 2. The normalized spacial score (nSPS) is 13.8. The Labute approximate surface area is 106 Å². The molecule has 0 aliphatic heterocycles. The lowest BCUT2D eigenvalue weighted by Crippen LogP contribution is -2.38. The minimum absolute atomic E-state index is 0.0376. The van der Waals surface area contributed by atoms with Crippen LogP contribution in [-0.2, 0) is 16.1 Å². The standard InChI is InChI=1S/C13H16N2O3/c16-12(15-11-6-7-11)8-14-13(17)18-9-10-4-2-1-3-5-10/h1-5,11H,6-9H2,(H,14,17)(H,15,16). The van der Waals surface area contributed by atoms with Gasteiger partial charge in [-0.1, -0.05) is 30.3 Å². The molecule has 96 valence electrons. The molecule has 2 amide bonds. The minimum atomic E-state index is -0.579. The molecule has 2 N–H and O–H groups in total. The maximum Gasteiger partial charge on any atom is 0.407 e. The fourth-order valence-electron chi connectivity index (χ4n) is 1.43. The van der Waals surface area contributed by atoms with E-state index in [0.717, 1.165) is 18.4 Å². The number of amides is 2. The van der Waals surface area contributed by atoms with Crippen LogP contribution in [0.1, 0.15) is 18.4 Å². The summed E-state index contributed by atoms with van der Waals surface area (Å²) in [6, 6.07) is 9.69. The number of carbonyl (C=O) groups excluding carboxylic acids is 2. The molecule has 5 heteroatoms. The quantitative estimate of drug-likeness (QED) is 0.822. The maximum atomic E-state index is 11.3. The Bertz CT molecular complexity index is 416. The predicted molar refractivity (Wildman–Crippen MR) is 65.8 cm³/mol. The molecule has 1 aliphatic rings. The van der Waals surface area contributed by atoms with Crippen LogP contribution in [0, 0.1) is 0 Å². The predicted octanol–water partition coefficient (Wildman–Crippen LogP) is 1.19. The Kier molecular flexibility index (Phi) is 4.17. The Hall–Kier alpha value is -2.04. The summed E-state index contributed by atoms with van der Waals surface area (Å²) in [5, 5.41) is 5.19. The van der Waals surface area contributed by atoms with Gasteiger partial charge in [0.05, 0.1) is 0 Å². The number of ether oxygens (including phenoxy) is 1. The highest BCUT2D eigenvalue weighted by Gasteiger charge is 2.23. The average molecular weight is 248 g/mol. The van der Waals surface area contributed by atoms with Gasteiger partial charge >= 0.3 is 6.09 Å². The topological polar surface area (TPSA) is 67.4 Å². The van der Waals surface area contributed by atoms with Crippen LogP contribution in [-0.4, -0.2) is 24.6 Å². The zero-order valence-electron chi connectivity index (χ0n) is 10.0. The largest absolute Gasteiger partial charge is 0.445 e. The van der Waals surface area contributed by atoms with E-state index in [2.05, 4.69) is 10.6 Å². The van der Waals surface area contributed by atoms with Crippen LogP contribution in [0.5, 0.6) is 0 Å². The molecule has 0 aromatic heterocycles. The third-order valence-electron chi connectivity index (χ3n) is 2.55. The van der Waals surface area contributed by atoms with Crippen LogP contribution in [0.2, 0.25) is 0 Å². The Balaban J connectivity index is 1.61. The van der Waals surface area contributed by atoms with Crippen LogP contribution in [0.15, 0.2) is 30.3 Å². The van der Waals surface area contributed by atoms with Gasteiger partial charge in [-0.15, -0.1) is 0 Å². The molecule has 0 radical (unpaired) electrons. The van der Waals surface area contributed by atoms with Crippen molar-refractivity contribution < 1.29 is 14.3 Å². The van der Waals surface area contributed by atoms with Crippen molar-refractivity contribution in [2.24, 2.45) is 0 Å². The second kappa shape index (κ2) is 6.05. The van der Waals surface area contributed by atoms with Gasteiger partial charge in [0, 0.05) is 6.04 Å². The van der Waals surface area contributed by atoms with Crippen molar-refractivity contribution in [3.8, 4) is 0 Å². The molecule has 0 atom stereocenters. The van der Waals surface area contributed by atoms with E-state index in [1.807, 2.05) is 30.3 Å². The number of hydrogen-bond donors (Lipinski definition) is 2. The highest BCUT2D eigenvalue weighted by molar-refractivity contribution is 5.82. The first-order valence-electron chi connectivity index (χ1n) is 5.98. The maximum absolute atomic E-state index is 11.3. The van der Waals surface area contributed by atoms with E-state index in [1.54, 1.807) is 0 Å². The summed E-state index contributed by atoms with van der Waals surface area (Å²) in [4.78, 5) is 22.6. The van der Waals surface area contributed by atoms with Crippen molar-refractivity contribution in [3.05, 3.63) is 35.9 Å². The van der Waals surface area contributed by atoms with Crippen molar-refractivity contribution in [2.45, 2.75) is 25.5 Å². The summed E-state index contributed by atoms with van der Waals surface area (Å²) in [6.45, 7) is 0.168. The number of hydrogen-bond acceptors (Lipinski definition) is 3. The van der Waals surface area contributed by atoms with Gasteiger partial charge < -0.3 is 15.4 Å². The molecule has 1 saturated carbocycles. The lowest BCUT2D eigenvalue weighted by molar-refractivity contribution is -0.120. The zero-order chi connectivity index (χ0) is 12.8. The van der Waals surface area contributed by atoms with Crippen molar-refractivity contribution >= 4 is 12.0 Å². The number of rotatable bonds is 5. The van der Waals surface area contributed by atoms with Crippen molar-refractivity contribution in [1.29, 1.82) is 0 Å². The first-order valence-corrected chi connectivity index (χ1v) is 5.98. The van der Waals surface area contributed by atoms with Crippen LogP contribution in [0.3, 0.4) is 0 Å². The second-order valence-electron chi connectivity index (χ2n) is 4.26. The third kappa shape index (κ3) is 4.45. The molecule has 1 fully saturated rings. The molecular formula is C13H16N2O3. The molecule has 0 spiro atoms. The van der Waals surface area contributed by atoms with E-state index in [4.69, 9.17) is 4.74 Å². The minimum Gasteiger partial charge on any atom is -0.445 e. The highest BCUT2D eigenvalue weighted by Crippen LogP contribution is 2.18. The smallest absolute Gasteiger partial charge is 0.407 e. The fraction of sp³-hybridized carbons (Fsp3) is 0.385. The van der Waals surface area contributed by atoms with Gasteiger partial charge in [-0.05, 0) is 18.4 Å². The van der Waals surface area contributed by atoms with E-state index in [9.17, 15) is 9.59 Å². The third-order valence-corrected chi connectivity index (χ3v) is 2.55. The van der Waals surface area contributed by atoms with Crippen LogP contribution in [0.4, 0.5) is 4.79 Å². The van der Waals surface area contributed by atoms with Crippen LogP contribution in [0.25, 0.3) is 0 Å². The molecule has 2 rings (SSSR count). The summed E-state index contributed by atoms with van der Waals surface area (Å²) < 4.78 is 4.97. The number of benzene rings is 1. The summed E-state index contributed by atoms with van der Waals surface area (Å²) >= 11 is 0. The van der Waals surface area contributed by atoms with Gasteiger partial charge in [-0.2, -0.15) is 0 Å². The SMILES string of the molecule is O=C(CNC(=O)OCc1ccccc1)NC1CC1. The Morgan fingerprint density at radius 2 is 1.94 bits per heavy atom. The van der Waals surface area contributed by atoms with E-state index < -0.39 is 6.09 Å². The first-order chi connectivity index (χ1) is 8.74. The van der Waals surface area contributed by atoms with Crippen LogP contribution < -0.4 is 10.6 Å². The van der Waals surface area contributed by atoms with Gasteiger partial charge in [0.1, 0.15) is 13.2 Å². The van der Waals surface area contributed by atoms with Gasteiger partial charge in [0.15, 0.2) is 0 Å². The Morgan fingerprint density at radius 3 is 2.61 bits per heavy atom. The summed E-state index contributed by atoms with van der Waals surface area (Å²) in [7, 11) is 0. The molecule has 0 heterocycles. The van der Waals surface area contributed by atoms with Crippen molar-refractivity contribution in [2.75, 3.05) is 6.54 Å². The molecule has 18 heavy (non-hydrogen) atoms. The summed E-state index contributed by atoms with van der Waals surface area (Å²) in [5.74, 6) is -0.172. The lowest BCUT2D eigenvalue weighted by Gasteiger charge is -2.07. The molecule has 5 nitrogen and oxygen atoms in total. The van der Waals surface area contributed by atoms with Crippen molar-refractivity contribution in [3.63, 3.8) is 0 Å². The summed E-state index contributed by atoms with van der Waals surface area (Å²) in [6.07, 6.45) is 1.48. The van der Waals surface area contributed by atoms with E-state index in [-0.39, 0.29) is 19.1 Å². The fourth-order valence-corrected chi connectivity index (χ4v) is 1.43. The molecule has 0 saturated heterocycles. The summed E-state index contributed by atoms with van der Waals surface area (Å²) in [5.41, 5.74) is 0.912.